The van der Waals surface area contributed by atoms with E-state index in [0.29, 0.717) is 4.90 Å². The first-order chi connectivity index (χ1) is 28.8. The van der Waals surface area contributed by atoms with Gasteiger partial charge in [-0.2, -0.15) is 30.8 Å². The molecular formula is C33H38F3N13O11S. The van der Waals surface area contributed by atoms with E-state index in [1.807, 2.05) is 0 Å². The van der Waals surface area contributed by atoms with Gasteiger partial charge in [-0.15, -0.1) is 0 Å². The van der Waals surface area contributed by atoms with E-state index in [2.05, 4.69) is 69.8 Å². The Morgan fingerprint density at radius 3 is 1.82 bits per heavy atom. The van der Waals surface area contributed by atoms with Crippen molar-refractivity contribution >= 4 is 88.7 Å². The van der Waals surface area contributed by atoms with E-state index in [-0.39, 0.29) is 59.2 Å². The maximum Gasteiger partial charge on any atom is 0.471 e. The predicted octanol–water partition coefficient (Wildman–Crippen LogP) is -4.02. The molecule has 3 rings (SSSR count). The highest BCUT2D eigenvalue weighted by Crippen LogP contribution is 2.26. The number of hydrogen-bond acceptors (Lipinski definition) is 15. The summed E-state index contributed by atoms with van der Waals surface area (Å²) in [7, 11) is 0. The average molecular weight is 882 g/mol. The Hall–Kier alpha value is -7.39. The SMILES string of the molecule is Nc1nc2ncc(CN(C(=O)C(F)(F)F)c3ccc(C(=O)NCCCC(=O)NCC(=O)NCC(=O)NCC(=O)NCC(=O)NCC(=O)N[C@H](CS)C(=O)O)cc3)nc2c(=O)[nH]1. The number of carboxylic acid groups (broad SMARTS) is 1. The maximum absolute atomic E-state index is 13.5. The summed E-state index contributed by atoms with van der Waals surface area (Å²) < 4.78 is 40.6. The van der Waals surface area contributed by atoms with Crippen LogP contribution in [0.1, 0.15) is 28.9 Å². The molecule has 0 radical (unpaired) electrons. The van der Waals surface area contributed by atoms with Crippen LogP contribution in [-0.4, -0.2) is 136 Å². The standard InChI is InChI=1S/C33H38F3N13O11S/c34-33(35,36)31(60)49(14-17-8-44-27-26(45-17)29(57)48-32(37)47-27)18-5-3-16(4-6-18)28(56)38-7-1-2-20(50)39-9-21(51)40-10-22(52)41-11-23(53)42-12-24(54)43-13-25(55)46-19(15-61)30(58)59/h3-6,8,19,61H,1-2,7,9-15H2,(H,38,56)(H,39,50)(H,40,51)(H,41,52)(H,42,53)(H,43,54)(H,46,55)(H,58,59)(H3,37,44,47,48,57)/t19-/m1/s1. The largest absolute Gasteiger partial charge is 0.480 e. The highest BCUT2D eigenvalue weighted by atomic mass is 32.1. The van der Waals surface area contributed by atoms with E-state index < -0.39 is 110 Å². The number of amides is 8. The lowest BCUT2D eigenvalue weighted by atomic mass is 10.1. The number of nitrogens with two attached hydrogens (primary N) is 1. The predicted molar refractivity (Wildman–Crippen MR) is 206 cm³/mol. The van der Waals surface area contributed by atoms with Crippen LogP contribution in [0, 0.1) is 0 Å². The number of nitrogens with zero attached hydrogens (tertiary/aromatic N) is 4. The molecule has 1 atom stereocenters. The van der Waals surface area contributed by atoms with Gasteiger partial charge in [0.05, 0.1) is 51.2 Å². The smallest absolute Gasteiger partial charge is 0.471 e. The molecule has 0 bridgehead atoms. The van der Waals surface area contributed by atoms with Crippen molar-refractivity contribution < 1.29 is 61.4 Å². The average Bonchev–Trinajstić information content (AvgIpc) is 3.21. The molecule has 3 aromatic rings. The van der Waals surface area contributed by atoms with Crippen molar-refractivity contribution in [3.8, 4) is 0 Å². The summed E-state index contributed by atoms with van der Waals surface area (Å²) in [5, 5.41) is 24.6. The lowest BCUT2D eigenvalue weighted by molar-refractivity contribution is -0.170. The molecule has 24 nitrogen and oxygen atoms in total. The number of hydrogen-bond donors (Lipinski definition) is 11. The Morgan fingerprint density at radius 1 is 0.787 bits per heavy atom. The van der Waals surface area contributed by atoms with Crippen LogP contribution in [0.15, 0.2) is 35.3 Å². The van der Waals surface area contributed by atoms with Gasteiger partial charge in [0.1, 0.15) is 6.04 Å². The van der Waals surface area contributed by atoms with Crippen LogP contribution in [-0.2, 0) is 44.9 Å². The first kappa shape index (κ1) is 48.0. The Morgan fingerprint density at radius 2 is 1.31 bits per heavy atom. The fourth-order valence-corrected chi connectivity index (χ4v) is 4.90. The van der Waals surface area contributed by atoms with Crippen molar-refractivity contribution in [1.29, 1.82) is 0 Å². The Labute approximate surface area is 346 Å². The van der Waals surface area contributed by atoms with E-state index in [0.717, 1.165) is 30.5 Å². The second-order valence-electron chi connectivity index (χ2n) is 12.3. The summed E-state index contributed by atoms with van der Waals surface area (Å²) in [6.45, 7) is -3.58. The van der Waals surface area contributed by atoms with Crippen LogP contribution in [0.4, 0.5) is 24.8 Å². The van der Waals surface area contributed by atoms with Crippen LogP contribution >= 0.6 is 12.6 Å². The van der Waals surface area contributed by atoms with Crippen molar-refractivity contribution in [2.75, 3.05) is 55.7 Å². The molecule has 0 aliphatic rings. The van der Waals surface area contributed by atoms with Gasteiger partial charge in [-0.05, 0) is 30.7 Å². The van der Waals surface area contributed by atoms with Crippen LogP contribution in [0.5, 0.6) is 0 Å². The number of rotatable bonds is 21. The zero-order valence-electron chi connectivity index (χ0n) is 31.5. The second-order valence-corrected chi connectivity index (χ2v) is 12.7. The van der Waals surface area contributed by atoms with Gasteiger partial charge in [0, 0.05) is 30.0 Å². The van der Waals surface area contributed by atoms with Crippen molar-refractivity contribution in [3.63, 3.8) is 0 Å². The molecule has 0 aliphatic carbocycles. The minimum absolute atomic E-state index is 0.000142. The number of aromatic amines is 1. The number of carbonyl (C=O) groups excluding carboxylic acids is 8. The number of anilines is 2. The summed E-state index contributed by atoms with van der Waals surface area (Å²) in [6, 6.07) is 3.24. The van der Waals surface area contributed by atoms with Gasteiger partial charge in [-0.1, -0.05) is 0 Å². The van der Waals surface area contributed by atoms with Gasteiger partial charge < -0.3 is 48.1 Å². The summed E-state index contributed by atoms with van der Waals surface area (Å²) in [5.74, 6) is -9.18. The minimum atomic E-state index is -5.30. The summed E-state index contributed by atoms with van der Waals surface area (Å²) in [6.07, 6.45) is -4.32. The van der Waals surface area contributed by atoms with Crippen LogP contribution in [0.2, 0.25) is 0 Å². The number of thiol groups is 1. The van der Waals surface area contributed by atoms with Gasteiger partial charge in [-0.3, -0.25) is 53.0 Å². The van der Waals surface area contributed by atoms with Crippen LogP contribution < -0.4 is 53.4 Å². The molecule has 328 valence electrons. The monoisotopic (exact) mass is 881 g/mol. The Bertz CT molecular complexity index is 2210. The second kappa shape index (κ2) is 22.7. The van der Waals surface area contributed by atoms with E-state index in [1.54, 1.807) is 0 Å². The van der Waals surface area contributed by atoms with Crippen molar-refractivity contribution in [3.05, 3.63) is 52.1 Å². The Balaban J connectivity index is 1.34. The molecule has 11 N–H and O–H groups in total. The number of halogens is 3. The molecule has 0 aliphatic heterocycles. The number of benzene rings is 1. The van der Waals surface area contributed by atoms with Crippen molar-refractivity contribution in [2.24, 2.45) is 0 Å². The van der Waals surface area contributed by atoms with Crippen molar-refractivity contribution in [1.82, 2.24) is 57.2 Å². The zero-order valence-corrected chi connectivity index (χ0v) is 32.4. The highest BCUT2D eigenvalue weighted by molar-refractivity contribution is 7.80. The van der Waals surface area contributed by atoms with Gasteiger partial charge in [-0.25, -0.2) is 14.8 Å². The number of aliphatic carboxylic acids is 1. The van der Waals surface area contributed by atoms with Gasteiger partial charge >= 0.3 is 18.1 Å². The number of carbonyl (C=O) groups is 9. The molecule has 0 unspecified atom stereocenters. The van der Waals surface area contributed by atoms with E-state index in [1.165, 1.54) is 0 Å². The molecular weight excluding hydrogens is 844 g/mol. The van der Waals surface area contributed by atoms with E-state index in [4.69, 9.17) is 10.8 Å². The summed E-state index contributed by atoms with van der Waals surface area (Å²) in [4.78, 5) is 134. The van der Waals surface area contributed by atoms with Gasteiger partial charge in [0.25, 0.3) is 11.5 Å². The molecule has 0 fully saturated rings. The van der Waals surface area contributed by atoms with Crippen LogP contribution in [0.25, 0.3) is 11.2 Å². The molecule has 2 aromatic heterocycles. The third kappa shape index (κ3) is 16.1. The fourth-order valence-electron chi connectivity index (χ4n) is 4.65. The first-order valence-corrected chi connectivity index (χ1v) is 18.2. The number of nitrogens with one attached hydrogen (secondary N) is 8. The first-order valence-electron chi connectivity index (χ1n) is 17.5. The third-order valence-corrected chi connectivity index (χ3v) is 8.01. The number of alkyl halides is 3. The molecule has 8 amide bonds. The lowest BCUT2D eigenvalue weighted by Crippen LogP contribution is -2.48. The zero-order chi connectivity index (χ0) is 45.3. The minimum Gasteiger partial charge on any atom is -0.480 e. The molecule has 0 saturated heterocycles. The number of carboxylic acids is 1. The maximum atomic E-state index is 13.5. The fraction of sp³-hybridized carbons (Fsp3) is 0.364. The van der Waals surface area contributed by atoms with E-state index in [9.17, 15) is 61.1 Å². The van der Waals surface area contributed by atoms with Gasteiger partial charge in [0.15, 0.2) is 11.2 Å². The number of aromatic nitrogens is 4. The molecule has 28 heteroatoms. The molecule has 0 spiro atoms. The van der Waals surface area contributed by atoms with Gasteiger partial charge in [0.2, 0.25) is 41.4 Å². The number of nitrogen functional groups attached to an aromatic ring is 1. The molecule has 1 aromatic carbocycles. The van der Waals surface area contributed by atoms with Crippen molar-refractivity contribution in [2.45, 2.75) is 31.6 Å². The molecule has 0 saturated carbocycles. The molecule has 61 heavy (non-hydrogen) atoms. The summed E-state index contributed by atoms with van der Waals surface area (Å²) in [5.41, 5.74) is 3.72. The van der Waals surface area contributed by atoms with Crippen LogP contribution in [0.3, 0.4) is 0 Å². The van der Waals surface area contributed by atoms with E-state index >= 15 is 0 Å². The third-order valence-electron chi connectivity index (χ3n) is 7.65. The topological polar surface area (TPSA) is 359 Å². The molecule has 2 heterocycles. The summed E-state index contributed by atoms with van der Waals surface area (Å²) >= 11 is 3.78. The normalized spacial score (nSPS) is 11.3. The quantitative estimate of drug-likeness (QED) is 0.0359. The highest BCUT2D eigenvalue weighted by Gasteiger charge is 2.43. The lowest BCUT2D eigenvalue weighted by Gasteiger charge is -2.23. The number of fused-ring (bicyclic) bond motifs is 1. The Kier molecular flexibility index (Phi) is 17.8. The number of H-pyrrole nitrogens is 1.